The smallest absolute Gasteiger partial charge is 0.225 e. The summed E-state index contributed by atoms with van der Waals surface area (Å²) in [7, 11) is 0. The van der Waals surface area contributed by atoms with Crippen LogP contribution in [0.4, 0.5) is 10.2 Å². The second-order valence-electron chi connectivity index (χ2n) is 9.23. The van der Waals surface area contributed by atoms with Crippen LogP contribution in [0.1, 0.15) is 58.0 Å². The van der Waals surface area contributed by atoms with Crippen molar-refractivity contribution in [1.29, 1.82) is 0 Å². The Kier molecular flexibility index (Phi) is 6.63. The Morgan fingerprint density at radius 1 is 1.06 bits per heavy atom. The molecule has 0 bridgehead atoms. The second-order valence-corrected chi connectivity index (χ2v) is 9.23. The molecule has 7 nitrogen and oxygen atoms in total. The summed E-state index contributed by atoms with van der Waals surface area (Å²) < 4.78 is 15.3. The summed E-state index contributed by atoms with van der Waals surface area (Å²) in [6.45, 7) is 12.9. The van der Waals surface area contributed by atoms with Gasteiger partial charge in [0, 0.05) is 38.0 Å². The van der Waals surface area contributed by atoms with Crippen LogP contribution in [0.2, 0.25) is 0 Å². The maximum Gasteiger partial charge on any atom is 0.225 e. The Morgan fingerprint density at radius 3 is 2.33 bits per heavy atom. The molecular weight excluding hydrogens is 419 g/mol. The lowest BCUT2D eigenvalue weighted by atomic mass is 10.1. The van der Waals surface area contributed by atoms with E-state index in [1.54, 1.807) is 16.8 Å². The molecule has 4 rings (SSSR count). The maximum absolute atomic E-state index is 13.5. The number of fused-ring (bicyclic) bond motifs is 1. The quantitative estimate of drug-likeness (QED) is 0.552. The average molecular weight is 453 g/mol. The molecule has 1 amide bonds. The SMILES string of the molecule is CCC[C@H](C)c1nc(N2CCN(C(=O)C(C)C)CC2)c2c(C)nn(-c3ccc(F)cc3)c2n1. The lowest BCUT2D eigenvalue weighted by Gasteiger charge is -2.36. The summed E-state index contributed by atoms with van der Waals surface area (Å²) in [5.41, 5.74) is 2.34. The fourth-order valence-electron chi connectivity index (χ4n) is 4.46. The number of aromatic nitrogens is 4. The monoisotopic (exact) mass is 452 g/mol. The number of aryl methyl sites for hydroxylation is 1. The number of piperazine rings is 1. The molecule has 1 aliphatic rings. The number of nitrogens with zero attached hydrogens (tertiary/aromatic N) is 6. The highest BCUT2D eigenvalue weighted by Crippen LogP contribution is 2.32. The lowest BCUT2D eigenvalue weighted by molar-refractivity contribution is -0.134. The second kappa shape index (κ2) is 9.45. The van der Waals surface area contributed by atoms with Crippen LogP contribution in [0.15, 0.2) is 24.3 Å². The Labute approximate surface area is 194 Å². The minimum absolute atomic E-state index is 0.0000105. The minimum Gasteiger partial charge on any atom is -0.352 e. The summed E-state index contributed by atoms with van der Waals surface area (Å²) in [6.07, 6.45) is 2.04. The molecule has 33 heavy (non-hydrogen) atoms. The molecule has 0 N–H and O–H groups in total. The van der Waals surface area contributed by atoms with Gasteiger partial charge in [0.25, 0.3) is 0 Å². The van der Waals surface area contributed by atoms with Crippen molar-refractivity contribution in [1.82, 2.24) is 24.6 Å². The van der Waals surface area contributed by atoms with Gasteiger partial charge in [0.15, 0.2) is 5.65 Å². The Bertz CT molecular complexity index is 1130. The summed E-state index contributed by atoms with van der Waals surface area (Å²) >= 11 is 0. The number of amides is 1. The number of hydrogen-bond acceptors (Lipinski definition) is 5. The zero-order chi connectivity index (χ0) is 23.7. The van der Waals surface area contributed by atoms with Crippen molar-refractivity contribution >= 4 is 22.8 Å². The normalized spacial score (nSPS) is 15.5. The zero-order valence-corrected chi connectivity index (χ0v) is 20.2. The van der Waals surface area contributed by atoms with Gasteiger partial charge < -0.3 is 9.80 Å². The van der Waals surface area contributed by atoms with Crippen LogP contribution in [0.3, 0.4) is 0 Å². The number of hydrogen-bond donors (Lipinski definition) is 0. The molecule has 0 radical (unpaired) electrons. The number of carbonyl (C=O) groups is 1. The fourth-order valence-corrected chi connectivity index (χ4v) is 4.46. The highest BCUT2D eigenvalue weighted by Gasteiger charge is 2.27. The van der Waals surface area contributed by atoms with Gasteiger partial charge in [-0.15, -0.1) is 0 Å². The molecule has 1 aliphatic heterocycles. The van der Waals surface area contributed by atoms with Gasteiger partial charge in [0.2, 0.25) is 5.91 Å². The number of rotatable bonds is 6. The van der Waals surface area contributed by atoms with Gasteiger partial charge in [0.1, 0.15) is 17.5 Å². The summed E-state index contributed by atoms with van der Waals surface area (Å²) in [6, 6.07) is 6.31. The van der Waals surface area contributed by atoms with Gasteiger partial charge in [-0.3, -0.25) is 4.79 Å². The summed E-state index contributed by atoms with van der Waals surface area (Å²) in [4.78, 5) is 26.6. The van der Waals surface area contributed by atoms with E-state index < -0.39 is 0 Å². The van der Waals surface area contributed by atoms with Crippen molar-refractivity contribution in [2.24, 2.45) is 5.92 Å². The van der Waals surface area contributed by atoms with E-state index in [1.807, 2.05) is 25.7 Å². The molecule has 2 aromatic heterocycles. The van der Waals surface area contributed by atoms with Gasteiger partial charge in [0.05, 0.1) is 16.8 Å². The van der Waals surface area contributed by atoms with Crippen LogP contribution in [-0.2, 0) is 4.79 Å². The first-order valence-electron chi connectivity index (χ1n) is 11.9. The van der Waals surface area contributed by atoms with E-state index in [-0.39, 0.29) is 23.6 Å². The number of carbonyl (C=O) groups excluding carboxylic acids is 1. The van der Waals surface area contributed by atoms with Crippen molar-refractivity contribution in [3.8, 4) is 5.69 Å². The van der Waals surface area contributed by atoms with Gasteiger partial charge >= 0.3 is 0 Å². The van der Waals surface area contributed by atoms with E-state index in [2.05, 4.69) is 18.7 Å². The molecule has 176 valence electrons. The first-order valence-corrected chi connectivity index (χ1v) is 11.9. The molecular formula is C25H33FN6O. The summed E-state index contributed by atoms with van der Waals surface area (Å²) in [5.74, 6) is 1.79. The summed E-state index contributed by atoms with van der Waals surface area (Å²) in [5, 5.41) is 5.67. The molecule has 8 heteroatoms. The molecule has 3 heterocycles. The van der Waals surface area contributed by atoms with Gasteiger partial charge in [-0.2, -0.15) is 5.10 Å². The molecule has 1 fully saturated rings. The maximum atomic E-state index is 13.5. The third-order valence-corrected chi connectivity index (χ3v) is 6.32. The first-order chi connectivity index (χ1) is 15.8. The van der Waals surface area contributed by atoms with E-state index in [4.69, 9.17) is 15.1 Å². The van der Waals surface area contributed by atoms with E-state index in [9.17, 15) is 9.18 Å². The molecule has 1 saturated heterocycles. The highest BCUT2D eigenvalue weighted by atomic mass is 19.1. The largest absolute Gasteiger partial charge is 0.352 e. The lowest BCUT2D eigenvalue weighted by Crippen LogP contribution is -2.50. The zero-order valence-electron chi connectivity index (χ0n) is 20.2. The predicted octanol–water partition coefficient (Wildman–Crippen LogP) is 4.47. The molecule has 1 aromatic carbocycles. The first kappa shape index (κ1) is 23.1. The third kappa shape index (κ3) is 4.56. The van der Waals surface area contributed by atoms with Crippen molar-refractivity contribution in [3.63, 3.8) is 0 Å². The van der Waals surface area contributed by atoms with E-state index in [1.165, 1.54) is 12.1 Å². The van der Waals surface area contributed by atoms with Crippen LogP contribution >= 0.6 is 0 Å². The standard InChI is InChI=1S/C25H33FN6O/c1-6-7-17(4)22-27-23(30-12-14-31(15-13-30)25(33)16(2)3)21-18(5)29-32(24(21)28-22)20-10-8-19(26)9-11-20/h8-11,16-17H,6-7,12-15H2,1-5H3/t17-/m0/s1. The van der Waals surface area contributed by atoms with Gasteiger partial charge in [-0.05, 0) is 37.6 Å². The molecule has 0 saturated carbocycles. The number of anilines is 1. The molecule has 0 unspecified atom stereocenters. The van der Waals surface area contributed by atoms with E-state index >= 15 is 0 Å². The fraction of sp³-hybridized carbons (Fsp3) is 0.520. The highest BCUT2D eigenvalue weighted by molar-refractivity contribution is 5.91. The van der Waals surface area contributed by atoms with Gasteiger partial charge in [-0.25, -0.2) is 19.0 Å². The van der Waals surface area contributed by atoms with Crippen LogP contribution in [-0.4, -0.2) is 56.7 Å². The van der Waals surface area contributed by atoms with Crippen LogP contribution in [0.5, 0.6) is 0 Å². The molecule has 3 aromatic rings. The molecule has 1 atom stereocenters. The molecule has 0 aliphatic carbocycles. The van der Waals surface area contributed by atoms with Crippen molar-refractivity contribution < 1.29 is 9.18 Å². The van der Waals surface area contributed by atoms with Crippen LogP contribution in [0.25, 0.3) is 16.7 Å². The number of benzene rings is 1. The van der Waals surface area contributed by atoms with Crippen LogP contribution in [0, 0.1) is 18.7 Å². The number of halogens is 1. The topological polar surface area (TPSA) is 67.2 Å². The Balaban J connectivity index is 1.78. The third-order valence-electron chi connectivity index (χ3n) is 6.32. The van der Waals surface area contributed by atoms with Crippen molar-refractivity contribution in [2.75, 3.05) is 31.1 Å². The minimum atomic E-state index is -0.284. The van der Waals surface area contributed by atoms with Crippen molar-refractivity contribution in [2.45, 2.75) is 53.4 Å². The van der Waals surface area contributed by atoms with Crippen LogP contribution < -0.4 is 4.90 Å². The Morgan fingerprint density at radius 2 is 1.73 bits per heavy atom. The predicted molar refractivity (Wildman–Crippen MR) is 128 cm³/mol. The molecule has 0 spiro atoms. The van der Waals surface area contributed by atoms with E-state index in [0.717, 1.165) is 46.9 Å². The van der Waals surface area contributed by atoms with E-state index in [0.29, 0.717) is 26.2 Å². The average Bonchev–Trinajstić information content (AvgIpc) is 3.15. The van der Waals surface area contributed by atoms with Crippen molar-refractivity contribution in [3.05, 3.63) is 41.6 Å². The Hall–Kier alpha value is -3.03. The van der Waals surface area contributed by atoms with Gasteiger partial charge in [-0.1, -0.05) is 34.1 Å².